The minimum atomic E-state index is -1.19. The molecule has 0 spiro atoms. The fourth-order valence-corrected chi connectivity index (χ4v) is 4.58. The Kier molecular flexibility index (Phi) is 7.99. The molecule has 0 bridgehead atoms. The molecule has 0 aliphatic carbocycles. The van der Waals surface area contributed by atoms with E-state index in [1.807, 2.05) is 26.0 Å². The zero-order chi connectivity index (χ0) is 16.8. The zero-order valence-electron chi connectivity index (χ0n) is 14.2. The van der Waals surface area contributed by atoms with E-state index in [1.54, 1.807) is 0 Å². The van der Waals surface area contributed by atoms with Gasteiger partial charge < -0.3 is 0 Å². The Balaban J connectivity index is 2.95. The summed E-state index contributed by atoms with van der Waals surface area (Å²) in [6.45, 7) is 11.9. The monoisotopic (exact) mass is 406 g/mol. The first kappa shape index (κ1) is 19.6. The second-order valence-electron chi connectivity index (χ2n) is 6.47. The van der Waals surface area contributed by atoms with Gasteiger partial charge in [0.1, 0.15) is 0 Å². The van der Waals surface area contributed by atoms with E-state index in [2.05, 4.69) is 27.1 Å². The molecule has 0 aromatic heterocycles. The van der Waals surface area contributed by atoms with Gasteiger partial charge >= 0.3 is 142 Å². The second-order valence-corrected chi connectivity index (χ2v) is 15.1. The van der Waals surface area contributed by atoms with Crippen LogP contribution in [0.25, 0.3) is 0 Å². The number of esters is 1. The molecule has 3 nitrogen and oxygen atoms in total. The molecule has 0 N–H and O–H groups in total. The quantitative estimate of drug-likeness (QED) is 0.374. The van der Waals surface area contributed by atoms with Crippen LogP contribution in [0, 0.1) is 6.92 Å². The van der Waals surface area contributed by atoms with E-state index in [1.165, 1.54) is 0 Å². The van der Waals surface area contributed by atoms with Gasteiger partial charge in [0.2, 0.25) is 0 Å². The fraction of sp³-hybridized carbons (Fsp3) is 0.562. The van der Waals surface area contributed by atoms with Crippen molar-refractivity contribution in [1.82, 2.24) is 0 Å². The average molecular weight is 405 g/mol. The van der Waals surface area contributed by atoms with Crippen molar-refractivity contribution in [3.05, 3.63) is 28.8 Å². The Hall–Kier alpha value is -0.474. The molecule has 124 valence electrons. The van der Waals surface area contributed by atoms with Crippen LogP contribution in [0.2, 0.25) is 25.7 Å². The molecule has 0 heterocycles. The minimum absolute atomic E-state index is 0.00481. The Bertz CT molecular complexity index is 541. The van der Waals surface area contributed by atoms with Crippen molar-refractivity contribution in [1.29, 1.82) is 0 Å². The molecule has 0 aliphatic rings. The molecule has 0 saturated carbocycles. The van der Waals surface area contributed by atoms with Gasteiger partial charge in [-0.3, -0.25) is 0 Å². The molecule has 1 rings (SSSR count). The predicted octanol–water partition coefficient (Wildman–Crippen LogP) is 3.88. The molecular weight excluding hydrogens is 378 g/mol. The van der Waals surface area contributed by atoms with Gasteiger partial charge in [0, 0.05) is 0 Å². The van der Waals surface area contributed by atoms with E-state index in [9.17, 15) is 4.79 Å². The first-order valence-corrected chi connectivity index (χ1v) is 15.8. The Morgan fingerprint density at radius 1 is 1.32 bits per heavy atom. The van der Waals surface area contributed by atoms with Crippen LogP contribution < -0.4 is 4.74 Å². The van der Waals surface area contributed by atoms with Crippen molar-refractivity contribution in [2.24, 2.45) is 0 Å². The van der Waals surface area contributed by atoms with Crippen LogP contribution in [0.5, 0.6) is 5.75 Å². The SMILES string of the molecule is CCOc1cc(C)c(C(=O)OCC[Si](C)(C)C)c(C[SeH]=P)c1. The van der Waals surface area contributed by atoms with Crippen molar-refractivity contribution in [3.8, 4) is 5.75 Å². The third-order valence-electron chi connectivity index (χ3n) is 3.24. The van der Waals surface area contributed by atoms with Crippen LogP contribution in [0.4, 0.5) is 0 Å². The van der Waals surface area contributed by atoms with E-state index in [4.69, 9.17) is 9.47 Å². The van der Waals surface area contributed by atoms with Crippen molar-refractivity contribution in [2.45, 2.75) is 44.9 Å². The van der Waals surface area contributed by atoms with Crippen molar-refractivity contribution in [2.75, 3.05) is 13.2 Å². The molecule has 0 saturated heterocycles. The van der Waals surface area contributed by atoms with Crippen LogP contribution >= 0.6 is 7.49 Å². The van der Waals surface area contributed by atoms with E-state index >= 15 is 0 Å². The first-order valence-electron chi connectivity index (χ1n) is 7.55. The molecule has 0 unspecified atom stereocenters. The number of hydrogen-bond acceptors (Lipinski definition) is 3. The molecule has 6 heteroatoms. The fourth-order valence-electron chi connectivity index (χ4n) is 2.10. The molecule has 22 heavy (non-hydrogen) atoms. The molecule has 0 aliphatic heterocycles. The number of rotatable bonds is 8. The van der Waals surface area contributed by atoms with Gasteiger partial charge in [0.05, 0.1) is 0 Å². The summed E-state index contributed by atoms with van der Waals surface area (Å²) in [6, 6.07) is 4.89. The van der Waals surface area contributed by atoms with Crippen LogP contribution in [0.15, 0.2) is 12.1 Å². The normalized spacial score (nSPS) is 11.3. The van der Waals surface area contributed by atoms with Gasteiger partial charge in [0.25, 0.3) is 0 Å². The third kappa shape index (κ3) is 6.33. The Labute approximate surface area is 142 Å². The third-order valence-corrected chi connectivity index (χ3v) is 6.81. The maximum absolute atomic E-state index is 12.5. The summed E-state index contributed by atoms with van der Waals surface area (Å²) in [4.78, 5) is 12.5. The second kappa shape index (κ2) is 8.98. The van der Waals surface area contributed by atoms with Gasteiger partial charge in [-0.2, -0.15) is 0 Å². The summed E-state index contributed by atoms with van der Waals surface area (Å²) >= 11 is 0.00481. The summed E-state index contributed by atoms with van der Waals surface area (Å²) in [5.41, 5.74) is 2.67. The van der Waals surface area contributed by atoms with Crippen molar-refractivity contribution >= 4 is 35.6 Å². The number of ether oxygens (including phenoxy) is 2. The summed E-state index contributed by atoms with van der Waals surface area (Å²) in [7, 11) is 2.40. The first-order chi connectivity index (χ1) is 10.3. The Morgan fingerprint density at radius 2 is 2.00 bits per heavy atom. The summed E-state index contributed by atoms with van der Waals surface area (Å²) in [5, 5.41) is 0.869. The van der Waals surface area contributed by atoms with Crippen LogP contribution in [0.3, 0.4) is 0 Å². The van der Waals surface area contributed by atoms with E-state index < -0.39 is 8.07 Å². The summed E-state index contributed by atoms with van der Waals surface area (Å²) in [5.74, 6) is 0.630. The topological polar surface area (TPSA) is 35.5 Å². The van der Waals surface area contributed by atoms with Gasteiger partial charge in [-0.15, -0.1) is 0 Å². The van der Waals surface area contributed by atoms with Gasteiger partial charge in [0.15, 0.2) is 0 Å². The van der Waals surface area contributed by atoms with Gasteiger partial charge in [-0.05, 0) is 0 Å². The van der Waals surface area contributed by atoms with Crippen LogP contribution in [-0.4, -0.2) is 41.3 Å². The summed E-state index contributed by atoms with van der Waals surface area (Å²) < 4.78 is 11.1. The molecule has 1 aromatic rings. The molecule has 0 fully saturated rings. The van der Waals surface area contributed by atoms with Crippen molar-refractivity contribution in [3.63, 3.8) is 0 Å². The number of hydrogen-bond donors (Lipinski definition) is 0. The number of carbonyl (C=O) groups excluding carboxylic acids is 1. The van der Waals surface area contributed by atoms with Crippen molar-refractivity contribution < 1.29 is 14.3 Å². The molecule has 0 amide bonds. The number of carbonyl (C=O) groups is 1. The Morgan fingerprint density at radius 3 is 2.55 bits per heavy atom. The van der Waals surface area contributed by atoms with E-state index in [-0.39, 0.29) is 20.0 Å². The van der Waals surface area contributed by atoms with Crippen LogP contribution in [0.1, 0.15) is 28.4 Å². The standard InChI is InChI=1S/C16H27O3PSeSi/c1-6-18-14-9-12(2)15(13(10-14)11-21-20)16(17)19-7-8-22(3,4)5/h9-10,20-21H,6-8,11H2,1-5H3. The van der Waals surface area contributed by atoms with E-state index in [0.717, 1.165) is 28.2 Å². The van der Waals surface area contributed by atoms with E-state index in [0.29, 0.717) is 18.8 Å². The average Bonchev–Trinajstić information content (AvgIpc) is 2.37. The zero-order valence-corrected chi connectivity index (χ0v) is 18.0. The number of benzene rings is 1. The molecular formula is C16H27O3PSeSi. The molecule has 0 radical (unpaired) electrons. The van der Waals surface area contributed by atoms with Gasteiger partial charge in [-0.1, -0.05) is 0 Å². The molecule has 1 aromatic carbocycles. The summed E-state index contributed by atoms with van der Waals surface area (Å²) in [6.07, 6.45) is 0. The molecule has 0 atom stereocenters. The maximum atomic E-state index is 12.5. The predicted molar refractivity (Wildman–Crippen MR) is 100.0 cm³/mol. The number of aryl methyl sites for hydroxylation is 1. The van der Waals surface area contributed by atoms with Crippen LogP contribution in [-0.2, 0) is 10.1 Å². The van der Waals surface area contributed by atoms with Gasteiger partial charge in [-0.25, -0.2) is 0 Å².